The first-order chi connectivity index (χ1) is 7.65. The van der Waals surface area contributed by atoms with E-state index in [-0.39, 0.29) is 0 Å². The lowest BCUT2D eigenvalue weighted by Crippen LogP contribution is -2.41. The standard InChI is InChI=1S/C14H27NO/c1-4-7-13(16)12-15-10-8-14(5-2,6-3)9-11-15/h4-12H2,1-3H3. The highest BCUT2D eigenvalue weighted by Crippen LogP contribution is 2.37. The van der Waals surface area contributed by atoms with E-state index >= 15 is 0 Å². The molecule has 0 spiro atoms. The van der Waals surface area contributed by atoms with Crippen LogP contribution in [0.25, 0.3) is 0 Å². The molecule has 0 aromatic heterocycles. The highest BCUT2D eigenvalue weighted by Gasteiger charge is 2.31. The van der Waals surface area contributed by atoms with Crippen molar-refractivity contribution in [2.45, 2.75) is 59.3 Å². The van der Waals surface area contributed by atoms with Crippen LogP contribution in [0, 0.1) is 5.41 Å². The van der Waals surface area contributed by atoms with Gasteiger partial charge in [0.1, 0.15) is 5.78 Å². The van der Waals surface area contributed by atoms with Gasteiger partial charge in [0.2, 0.25) is 0 Å². The van der Waals surface area contributed by atoms with Gasteiger partial charge in [-0.15, -0.1) is 0 Å². The van der Waals surface area contributed by atoms with E-state index < -0.39 is 0 Å². The highest BCUT2D eigenvalue weighted by molar-refractivity contribution is 5.80. The smallest absolute Gasteiger partial charge is 0.146 e. The van der Waals surface area contributed by atoms with Crippen LogP contribution in [0.4, 0.5) is 0 Å². The molecule has 0 aromatic carbocycles. The quantitative estimate of drug-likeness (QED) is 0.691. The minimum absolute atomic E-state index is 0.419. The lowest BCUT2D eigenvalue weighted by molar-refractivity contribution is -0.120. The number of Topliss-reactive ketones (excluding diaryl/α,β-unsaturated/α-hetero) is 1. The van der Waals surface area contributed by atoms with Gasteiger partial charge in [-0.05, 0) is 37.8 Å². The van der Waals surface area contributed by atoms with Crippen molar-refractivity contribution in [2.75, 3.05) is 19.6 Å². The van der Waals surface area contributed by atoms with Gasteiger partial charge in [0.05, 0.1) is 6.54 Å². The summed E-state index contributed by atoms with van der Waals surface area (Å²) in [6, 6.07) is 0. The van der Waals surface area contributed by atoms with Crippen molar-refractivity contribution in [2.24, 2.45) is 5.41 Å². The Balaban J connectivity index is 2.34. The molecule has 1 fully saturated rings. The maximum Gasteiger partial charge on any atom is 0.146 e. The van der Waals surface area contributed by atoms with Gasteiger partial charge < -0.3 is 0 Å². The lowest BCUT2D eigenvalue weighted by atomic mass is 9.74. The largest absolute Gasteiger partial charge is 0.298 e. The Morgan fingerprint density at radius 3 is 2.12 bits per heavy atom. The Morgan fingerprint density at radius 1 is 1.12 bits per heavy atom. The molecule has 0 N–H and O–H groups in total. The molecule has 0 atom stereocenters. The Morgan fingerprint density at radius 2 is 1.69 bits per heavy atom. The summed E-state index contributed by atoms with van der Waals surface area (Å²) in [6.07, 6.45) is 6.88. The van der Waals surface area contributed by atoms with Crippen molar-refractivity contribution in [3.63, 3.8) is 0 Å². The summed E-state index contributed by atoms with van der Waals surface area (Å²) >= 11 is 0. The highest BCUT2D eigenvalue weighted by atomic mass is 16.1. The molecule has 0 amide bonds. The van der Waals surface area contributed by atoms with Gasteiger partial charge in [-0.3, -0.25) is 9.69 Å². The topological polar surface area (TPSA) is 20.3 Å². The monoisotopic (exact) mass is 225 g/mol. The van der Waals surface area contributed by atoms with Gasteiger partial charge in [0.25, 0.3) is 0 Å². The first-order valence-corrected chi connectivity index (χ1v) is 6.90. The Labute approximate surface area is 100 Å². The molecule has 0 radical (unpaired) electrons. The van der Waals surface area contributed by atoms with Gasteiger partial charge in [0.15, 0.2) is 0 Å². The molecule has 1 saturated heterocycles. The molecule has 16 heavy (non-hydrogen) atoms. The molecular formula is C14H27NO. The summed E-state index contributed by atoms with van der Waals surface area (Å²) in [5.41, 5.74) is 0.574. The summed E-state index contributed by atoms with van der Waals surface area (Å²) in [4.78, 5) is 13.9. The summed E-state index contributed by atoms with van der Waals surface area (Å²) < 4.78 is 0. The maximum atomic E-state index is 11.6. The van der Waals surface area contributed by atoms with Crippen LogP contribution in [-0.4, -0.2) is 30.3 Å². The second kappa shape index (κ2) is 6.39. The Kier molecular flexibility index (Phi) is 5.47. The van der Waals surface area contributed by atoms with Crippen LogP contribution in [0.2, 0.25) is 0 Å². The second-order valence-electron chi connectivity index (χ2n) is 5.27. The van der Waals surface area contributed by atoms with Gasteiger partial charge in [0, 0.05) is 6.42 Å². The van der Waals surface area contributed by atoms with Crippen LogP contribution in [0.5, 0.6) is 0 Å². The summed E-state index contributed by atoms with van der Waals surface area (Å²) in [5.74, 6) is 0.419. The predicted molar refractivity (Wildman–Crippen MR) is 68.6 cm³/mol. The Bertz CT molecular complexity index is 211. The van der Waals surface area contributed by atoms with Crippen LogP contribution >= 0.6 is 0 Å². The number of rotatable bonds is 6. The molecule has 0 aliphatic carbocycles. The van der Waals surface area contributed by atoms with Crippen molar-refractivity contribution in [3.05, 3.63) is 0 Å². The average molecular weight is 225 g/mol. The molecule has 1 aliphatic rings. The van der Waals surface area contributed by atoms with Crippen molar-refractivity contribution < 1.29 is 4.79 Å². The Hall–Kier alpha value is -0.370. The van der Waals surface area contributed by atoms with Crippen molar-refractivity contribution in [1.82, 2.24) is 4.90 Å². The first kappa shape index (κ1) is 13.7. The molecule has 94 valence electrons. The third-order valence-corrected chi connectivity index (χ3v) is 4.35. The molecule has 1 rings (SSSR count). The molecular weight excluding hydrogens is 198 g/mol. The zero-order chi connectivity index (χ0) is 12.0. The molecule has 0 aromatic rings. The van der Waals surface area contributed by atoms with Crippen LogP contribution in [0.3, 0.4) is 0 Å². The third-order valence-electron chi connectivity index (χ3n) is 4.35. The lowest BCUT2D eigenvalue weighted by Gasteiger charge is -2.40. The number of piperidine rings is 1. The fourth-order valence-electron chi connectivity index (χ4n) is 2.75. The number of carbonyl (C=O) groups is 1. The third kappa shape index (κ3) is 3.58. The number of likely N-dealkylation sites (tertiary alicyclic amines) is 1. The zero-order valence-corrected chi connectivity index (χ0v) is 11.2. The number of nitrogens with zero attached hydrogens (tertiary/aromatic N) is 1. The van der Waals surface area contributed by atoms with E-state index in [9.17, 15) is 4.79 Å². The van der Waals surface area contributed by atoms with Crippen molar-refractivity contribution in [1.29, 1.82) is 0 Å². The molecule has 1 aliphatic heterocycles. The normalized spacial score (nSPS) is 20.9. The van der Waals surface area contributed by atoms with E-state index in [0.29, 0.717) is 17.7 Å². The van der Waals surface area contributed by atoms with Crippen LogP contribution in [0.1, 0.15) is 59.3 Å². The van der Waals surface area contributed by atoms with Gasteiger partial charge in [-0.25, -0.2) is 0 Å². The number of hydrogen-bond acceptors (Lipinski definition) is 2. The minimum atomic E-state index is 0.419. The predicted octanol–water partition coefficient (Wildman–Crippen LogP) is 3.26. The average Bonchev–Trinajstić information content (AvgIpc) is 2.31. The van der Waals surface area contributed by atoms with E-state index in [4.69, 9.17) is 0 Å². The van der Waals surface area contributed by atoms with E-state index in [2.05, 4.69) is 25.7 Å². The van der Waals surface area contributed by atoms with Crippen LogP contribution < -0.4 is 0 Å². The van der Waals surface area contributed by atoms with E-state index in [0.717, 1.165) is 25.9 Å². The van der Waals surface area contributed by atoms with Gasteiger partial charge >= 0.3 is 0 Å². The molecule has 2 nitrogen and oxygen atoms in total. The minimum Gasteiger partial charge on any atom is -0.298 e. The van der Waals surface area contributed by atoms with Crippen molar-refractivity contribution in [3.8, 4) is 0 Å². The second-order valence-corrected chi connectivity index (χ2v) is 5.27. The van der Waals surface area contributed by atoms with E-state index in [1.807, 2.05) is 0 Å². The SMILES string of the molecule is CCCC(=O)CN1CCC(CC)(CC)CC1. The number of ketones is 1. The fourth-order valence-corrected chi connectivity index (χ4v) is 2.75. The summed E-state index contributed by atoms with van der Waals surface area (Å²) in [6.45, 7) is 9.63. The van der Waals surface area contributed by atoms with Gasteiger partial charge in [-0.1, -0.05) is 33.6 Å². The van der Waals surface area contributed by atoms with Crippen molar-refractivity contribution >= 4 is 5.78 Å². The van der Waals surface area contributed by atoms with E-state index in [1.54, 1.807) is 0 Å². The number of hydrogen-bond donors (Lipinski definition) is 0. The van der Waals surface area contributed by atoms with E-state index in [1.165, 1.54) is 25.7 Å². The molecule has 0 bridgehead atoms. The van der Waals surface area contributed by atoms with Crippen LogP contribution in [0.15, 0.2) is 0 Å². The summed E-state index contributed by atoms with van der Waals surface area (Å²) in [5, 5.41) is 0. The van der Waals surface area contributed by atoms with Gasteiger partial charge in [-0.2, -0.15) is 0 Å². The van der Waals surface area contributed by atoms with Crippen LogP contribution in [-0.2, 0) is 4.79 Å². The molecule has 1 heterocycles. The number of carbonyl (C=O) groups excluding carboxylic acids is 1. The summed E-state index contributed by atoms with van der Waals surface area (Å²) in [7, 11) is 0. The first-order valence-electron chi connectivity index (χ1n) is 6.90. The molecule has 0 saturated carbocycles. The zero-order valence-electron chi connectivity index (χ0n) is 11.2. The molecule has 2 heteroatoms. The molecule has 0 unspecified atom stereocenters. The fraction of sp³-hybridized carbons (Fsp3) is 0.929. The maximum absolute atomic E-state index is 11.6.